The lowest BCUT2D eigenvalue weighted by molar-refractivity contribution is -0.115. The molecule has 128 valence electrons. The van der Waals surface area contributed by atoms with E-state index >= 15 is 0 Å². The van der Waals surface area contributed by atoms with Gasteiger partial charge >= 0.3 is 0 Å². The van der Waals surface area contributed by atoms with Crippen LogP contribution in [0.1, 0.15) is 18.4 Å². The van der Waals surface area contributed by atoms with Crippen LogP contribution in [0.25, 0.3) is 5.82 Å². The van der Waals surface area contributed by atoms with Gasteiger partial charge in [0.1, 0.15) is 12.0 Å². The lowest BCUT2D eigenvalue weighted by Crippen LogP contribution is -2.20. The molecule has 1 aliphatic heterocycles. The van der Waals surface area contributed by atoms with E-state index in [1.165, 1.54) is 19.2 Å². The maximum Gasteiger partial charge on any atom is 0.228 e. The van der Waals surface area contributed by atoms with E-state index in [0.717, 1.165) is 30.2 Å². The Labute approximate surface area is 149 Å². The number of nitrogens with zero attached hydrogens (tertiary/aromatic N) is 5. The number of rotatable bonds is 5. The number of amides is 1. The SMILES string of the molecule is O=C(Cc1ccsc1)Nc1cnn(-c2ncncc2N2CCCC2)c1. The van der Waals surface area contributed by atoms with Gasteiger partial charge in [0.05, 0.1) is 30.7 Å². The summed E-state index contributed by atoms with van der Waals surface area (Å²) >= 11 is 1.59. The first-order valence-electron chi connectivity index (χ1n) is 8.20. The zero-order valence-corrected chi connectivity index (χ0v) is 14.4. The van der Waals surface area contributed by atoms with Gasteiger partial charge in [0.15, 0.2) is 5.82 Å². The van der Waals surface area contributed by atoms with Crippen molar-refractivity contribution in [2.75, 3.05) is 23.3 Å². The van der Waals surface area contributed by atoms with Crippen molar-refractivity contribution in [2.45, 2.75) is 19.3 Å². The van der Waals surface area contributed by atoms with E-state index in [-0.39, 0.29) is 5.91 Å². The number of anilines is 2. The highest BCUT2D eigenvalue weighted by molar-refractivity contribution is 7.08. The van der Waals surface area contributed by atoms with E-state index in [1.54, 1.807) is 28.4 Å². The van der Waals surface area contributed by atoms with E-state index < -0.39 is 0 Å². The molecule has 4 rings (SSSR count). The molecule has 7 nitrogen and oxygen atoms in total. The molecule has 0 atom stereocenters. The van der Waals surface area contributed by atoms with Gasteiger partial charge in [0.2, 0.25) is 5.91 Å². The number of carbonyl (C=O) groups is 1. The topological polar surface area (TPSA) is 75.9 Å². The Morgan fingerprint density at radius 3 is 2.96 bits per heavy atom. The van der Waals surface area contributed by atoms with E-state index in [0.29, 0.717) is 12.1 Å². The second kappa shape index (κ2) is 7.02. The Bertz CT molecular complexity index is 854. The summed E-state index contributed by atoms with van der Waals surface area (Å²) in [4.78, 5) is 22.9. The molecule has 1 amide bonds. The van der Waals surface area contributed by atoms with Crippen molar-refractivity contribution in [3.8, 4) is 5.82 Å². The fourth-order valence-electron chi connectivity index (χ4n) is 2.96. The van der Waals surface area contributed by atoms with Crippen molar-refractivity contribution >= 4 is 28.6 Å². The van der Waals surface area contributed by atoms with Crippen LogP contribution in [0.2, 0.25) is 0 Å². The molecule has 3 aromatic heterocycles. The summed E-state index contributed by atoms with van der Waals surface area (Å²) in [6, 6.07) is 1.96. The quantitative estimate of drug-likeness (QED) is 0.762. The Morgan fingerprint density at radius 1 is 1.28 bits per heavy atom. The van der Waals surface area contributed by atoms with Crippen molar-refractivity contribution in [1.29, 1.82) is 0 Å². The van der Waals surface area contributed by atoms with Gasteiger partial charge in [-0.3, -0.25) is 4.79 Å². The van der Waals surface area contributed by atoms with E-state index in [4.69, 9.17) is 0 Å². The van der Waals surface area contributed by atoms with Gasteiger partial charge in [0, 0.05) is 13.1 Å². The van der Waals surface area contributed by atoms with Crippen LogP contribution < -0.4 is 10.2 Å². The number of hydrogen-bond acceptors (Lipinski definition) is 6. The van der Waals surface area contributed by atoms with Crippen LogP contribution in [0.3, 0.4) is 0 Å². The number of carbonyl (C=O) groups excluding carboxylic acids is 1. The summed E-state index contributed by atoms with van der Waals surface area (Å²) in [5, 5.41) is 11.2. The minimum absolute atomic E-state index is 0.0552. The first-order valence-corrected chi connectivity index (χ1v) is 9.15. The standard InChI is InChI=1S/C17H18N6OS/c24-16(7-13-3-6-25-11-13)21-14-8-20-23(10-14)17-15(9-18-12-19-17)22-4-1-2-5-22/h3,6,8-12H,1-2,4-5,7H2,(H,21,24). The molecule has 0 aromatic carbocycles. The van der Waals surface area contributed by atoms with Crippen molar-refractivity contribution in [3.05, 3.63) is 47.3 Å². The van der Waals surface area contributed by atoms with E-state index in [1.807, 2.05) is 23.0 Å². The highest BCUT2D eigenvalue weighted by atomic mass is 32.1. The third kappa shape index (κ3) is 3.53. The average molecular weight is 354 g/mol. The fraction of sp³-hybridized carbons (Fsp3) is 0.294. The molecule has 0 saturated carbocycles. The Hall–Kier alpha value is -2.74. The number of hydrogen-bond donors (Lipinski definition) is 1. The second-order valence-electron chi connectivity index (χ2n) is 5.96. The van der Waals surface area contributed by atoms with Gasteiger partial charge < -0.3 is 10.2 Å². The summed E-state index contributed by atoms with van der Waals surface area (Å²) in [5.41, 5.74) is 2.65. The van der Waals surface area contributed by atoms with Crippen LogP contribution in [0.5, 0.6) is 0 Å². The lowest BCUT2D eigenvalue weighted by atomic mass is 10.2. The Kier molecular flexibility index (Phi) is 4.43. The molecule has 4 heterocycles. The maximum absolute atomic E-state index is 12.1. The molecule has 0 spiro atoms. The molecule has 0 aliphatic carbocycles. The zero-order chi connectivity index (χ0) is 17.1. The monoisotopic (exact) mass is 354 g/mol. The van der Waals surface area contributed by atoms with Gasteiger partial charge in [-0.25, -0.2) is 14.6 Å². The van der Waals surface area contributed by atoms with Crippen molar-refractivity contribution in [3.63, 3.8) is 0 Å². The van der Waals surface area contributed by atoms with Crippen molar-refractivity contribution in [1.82, 2.24) is 19.7 Å². The highest BCUT2D eigenvalue weighted by Gasteiger charge is 2.18. The molecular weight excluding hydrogens is 336 g/mol. The van der Waals surface area contributed by atoms with Gasteiger partial charge in [-0.15, -0.1) is 0 Å². The van der Waals surface area contributed by atoms with Gasteiger partial charge in [-0.2, -0.15) is 16.4 Å². The highest BCUT2D eigenvalue weighted by Crippen LogP contribution is 2.25. The molecule has 1 N–H and O–H groups in total. The number of aromatic nitrogens is 4. The first-order chi connectivity index (χ1) is 12.3. The zero-order valence-electron chi connectivity index (χ0n) is 13.6. The number of thiophene rings is 1. The van der Waals surface area contributed by atoms with Gasteiger partial charge in [-0.1, -0.05) is 0 Å². The minimum atomic E-state index is -0.0552. The smallest absolute Gasteiger partial charge is 0.228 e. The molecule has 0 bridgehead atoms. The first kappa shape index (κ1) is 15.8. The summed E-state index contributed by atoms with van der Waals surface area (Å²) in [6.07, 6.45) is 9.49. The molecule has 8 heteroatoms. The lowest BCUT2D eigenvalue weighted by Gasteiger charge is -2.19. The van der Waals surface area contributed by atoms with Gasteiger partial charge in [-0.05, 0) is 35.2 Å². The minimum Gasteiger partial charge on any atom is -0.367 e. The predicted molar refractivity (Wildman–Crippen MR) is 97.3 cm³/mol. The van der Waals surface area contributed by atoms with Crippen molar-refractivity contribution < 1.29 is 4.79 Å². The van der Waals surface area contributed by atoms with Crippen LogP contribution in [0.4, 0.5) is 11.4 Å². The van der Waals surface area contributed by atoms with E-state index in [9.17, 15) is 4.79 Å². The summed E-state index contributed by atoms with van der Waals surface area (Å²) < 4.78 is 1.69. The summed E-state index contributed by atoms with van der Waals surface area (Å²) in [5.74, 6) is 0.677. The second-order valence-corrected chi connectivity index (χ2v) is 6.74. The largest absolute Gasteiger partial charge is 0.367 e. The maximum atomic E-state index is 12.1. The number of nitrogens with one attached hydrogen (secondary N) is 1. The Morgan fingerprint density at radius 2 is 2.16 bits per heavy atom. The molecular formula is C17H18N6OS. The normalized spacial score (nSPS) is 14.0. The molecule has 25 heavy (non-hydrogen) atoms. The molecule has 0 unspecified atom stereocenters. The van der Waals surface area contributed by atoms with Crippen molar-refractivity contribution in [2.24, 2.45) is 0 Å². The molecule has 1 fully saturated rings. The van der Waals surface area contributed by atoms with Crippen LogP contribution in [0, 0.1) is 0 Å². The van der Waals surface area contributed by atoms with Crippen LogP contribution >= 0.6 is 11.3 Å². The Balaban J connectivity index is 1.50. The average Bonchev–Trinajstić information content (AvgIpc) is 3.37. The fourth-order valence-corrected chi connectivity index (χ4v) is 3.63. The molecule has 1 saturated heterocycles. The van der Waals surface area contributed by atoms with Gasteiger partial charge in [0.25, 0.3) is 0 Å². The molecule has 1 aliphatic rings. The van der Waals surface area contributed by atoms with Crippen LogP contribution in [-0.2, 0) is 11.2 Å². The molecule has 3 aromatic rings. The van der Waals surface area contributed by atoms with Crippen LogP contribution in [0.15, 0.2) is 41.7 Å². The third-order valence-corrected chi connectivity index (χ3v) is 4.88. The molecule has 0 radical (unpaired) electrons. The summed E-state index contributed by atoms with van der Waals surface area (Å²) in [6.45, 7) is 2.01. The van der Waals surface area contributed by atoms with Crippen LogP contribution in [-0.4, -0.2) is 38.7 Å². The summed E-state index contributed by atoms with van der Waals surface area (Å²) in [7, 11) is 0. The third-order valence-electron chi connectivity index (χ3n) is 4.15. The predicted octanol–water partition coefficient (Wildman–Crippen LogP) is 2.51. The van der Waals surface area contributed by atoms with E-state index in [2.05, 4.69) is 25.3 Å².